The fourth-order valence-corrected chi connectivity index (χ4v) is 4.25. The summed E-state index contributed by atoms with van der Waals surface area (Å²) in [7, 11) is 0. The molecule has 1 unspecified atom stereocenters. The minimum Gasteiger partial charge on any atom is -0.393 e. The standard InChI is InChI=1S/C15H22O5/c1-12(2)5-4-10(17)13(3)15(12)7-6-14(18,9-16)11(8-15)19-20-13/h4-5,11,16,18H,6-9H2,1-3H3/t11-,13-,14?,15-/m1/s1. The van der Waals surface area contributed by atoms with Crippen molar-refractivity contribution in [2.45, 2.75) is 57.3 Å². The number of fused-ring (bicyclic) bond motifs is 1. The summed E-state index contributed by atoms with van der Waals surface area (Å²) in [5.41, 5.74) is -2.98. The van der Waals surface area contributed by atoms with Gasteiger partial charge in [0.15, 0.2) is 11.4 Å². The summed E-state index contributed by atoms with van der Waals surface area (Å²) in [6, 6.07) is 0. The molecule has 2 N–H and O–H groups in total. The maximum atomic E-state index is 12.4. The van der Waals surface area contributed by atoms with E-state index in [0.717, 1.165) is 0 Å². The summed E-state index contributed by atoms with van der Waals surface area (Å²) in [6.45, 7) is 5.59. The van der Waals surface area contributed by atoms with Crippen LogP contribution >= 0.6 is 0 Å². The van der Waals surface area contributed by atoms with Gasteiger partial charge < -0.3 is 10.2 Å². The Bertz CT molecular complexity index is 485. The fourth-order valence-electron chi connectivity index (χ4n) is 4.25. The smallest absolute Gasteiger partial charge is 0.190 e. The largest absolute Gasteiger partial charge is 0.393 e. The summed E-state index contributed by atoms with van der Waals surface area (Å²) >= 11 is 0. The van der Waals surface area contributed by atoms with E-state index >= 15 is 0 Å². The Morgan fingerprint density at radius 1 is 1.35 bits per heavy atom. The lowest BCUT2D eigenvalue weighted by Crippen LogP contribution is -2.71. The summed E-state index contributed by atoms with van der Waals surface area (Å²) < 4.78 is 0. The highest BCUT2D eigenvalue weighted by Crippen LogP contribution is 2.64. The first-order chi connectivity index (χ1) is 9.21. The van der Waals surface area contributed by atoms with E-state index in [1.807, 2.05) is 6.08 Å². The number of aliphatic hydroxyl groups is 2. The van der Waals surface area contributed by atoms with Crippen molar-refractivity contribution in [2.75, 3.05) is 6.61 Å². The molecule has 0 radical (unpaired) electrons. The lowest BCUT2D eigenvalue weighted by atomic mass is 9.46. The lowest BCUT2D eigenvalue weighted by Gasteiger charge is -2.63. The van der Waals surface area contributed by atoms with Gasteiger partial charge in [-0.05, 0) is 37.7 Å². The number of allylic oxidation sites excluding steroid dienone is 1. The van der Waals surface area contributed by atoms with Gasteiger partial charge in [0.1, 0.15) is 11.7 Å². The van der Waals surface area contributed by atoms with Gasteiger partial charge in [-0.3, -0.25) is 4.79 Å². The first kappa shape index (κ1) is 14.2. The van der Waals surface area contributed by atoms with Crippen molar-refractivity contribution in [3.05, 3.63) is 12.2 Å². The molecule has 1 aliphatic heterocycles. The topological polar surface area (TPSA) is 76.0 Å². The van der Waals surface area contributed by atoms with Crippen LogP contribution in [0.4, 0.5) is 0 Å². The Hall–Kier alpha value is -0.750. The first-order valence-corrected chi connectivity index (χ1v) is 7.12. The predicted molar refractivity (Wildman–Crippen MR) is 70.6 cm³/mol. The SMILES string of the molecule is CC1(C)C=CC(=O)[C@@]2(C)OO[C@@H]3C[C@]12CCC3(O)CO. The Morgan fingerprint density at radius 2 is 2.05 bits per heavy atom. The number of ketones is 1. The third-order valence-electron chi connectivity index (χ3n) is 5.99. The molecule has 4 atom stereocenters. The molecule has 112 valence electrons. The number of hydrogen-bond donors (Lipinski definition) is 2. The number of rotatable bonds is 1. The van der Waals surface area contributed by atoms with Crippen LogP contribution < -0.4 is 0 Å². The second-order valence-corrected chi connectivity index (χ2v) is 7.17. The summed E-state index contributed by atoms with van der Waals surface area (Å²) in [5.74, 6) is -0.0929. The highest BCUT2D eigenvalue weighted by molar-refractivity contribution is 5.99. The Labute approximate surface area is 118 Å². The van der Waals surface area contributed by atoms with E-state index in [-0.39, 0.29) is 17.8 Å². The molecule has 1 saturated heterocycles. The second kappa shape index (κ2) is 3.91. The summed E-state index contributed by atoms with van der Waals surface area (Å²) in [5, 5.41) is 19.9. The minimum absolute atomic E-state index is 0.0929. The highest BCUT2D eigenvalue weighted by Gasteiger charge is 2.69. The van der Waals surface area contributed by atoms with Crippen molar-refractivity contribution in [3.63, 3.8) is 0 Å². The van der Waals surface area contributed by atoms with E-state index in [9.17, 15) is 15.0 Å². The normalized spacial score (nSPS) is 49.9. The van der Waals surface area contributed by atoms with Crippen molar-refractivity contribution in [2.24, 2.45) is 10.8 Å². The van der Waals surface area contributed by atoms with Crippen LogP contribution in [0.1, 0.15) is 40.0 Å². The molecule has 2 fully saturated rings. The van der Waals surface area contributed by atoms with Gasteiger partial charge >= 0.3 is 0 Å². The van der Waals surface area contributed by atoms with Crippen LogP contribution in [0.25, 0.3) is 0 Å². The molecule has 5 nitrogen and oxygen atoms in total. The van der Waals surface area contributed by atoms with Crippen molar-refractivity contribution < 1.29 is 24.8 Å². The molecule has 0 amide bonds. The third-order valence-corrected chi connectivity index (χ3v) is 5.99. The molecule has 0 aromatic carbocycles. The van der Waals surface area contributed by atoms with Crippen LogP contribution in [-0.4, -0.2) is 39.9 Å². The molecule has 3 rings (SSSR count). The van der Waals surface area contributed by atoms with Crippen LogP contribution in [0.5, 0.6) is 0 Å². The van der Waals surface area contributed by atoms with Crippen LogP contribution in [0, 0.1) is 10.8 Å². The quantitative estimate of drug-likeness (QED) is 0.705. The summed E-state index contributed by atoms with van der Waals surface area (Å²) in [4.78, 5) is 23.2. The van der Waals surface area contributed by atoms with Gasteiger partial charge in [0.05, 0.1) is 6.61 Å². The van der Waals surface area contributed by atoms with Gasteiger partial charge in [0.25, 0.3) is 0 Å². The molecule has 0 aromatic heterocycles. The van der Waals surface area contributed by atoms with E-state index in [2.05, 4.69) is 13.8 Å². The molecular formula is C15H22O5. The maximum Gasteiger partial charge on any atom is 0.190 e. The zero-order valence-electron chi connectivity index (χ0n) is 12.2. The van der Waals surface area contributed by atoms with Crippen LogP contribution in [0.3, 0.4) is 0 Å². The number of hydrogen-bond acceptors (Lipinski definition) is 5. The Balaban J connectivity index is 2.10. The molecule has 5 heteroatoms. The minimum atomic E-state index is -1.28. The fraction of sp³-hybridized carbons (Fsp3) is 0.800. The third kappa shape index (κ3) is 1.44. The first-order valence-electron chi connectivity index (χ1n) is 7.12. The van der Waals surface area contributed by atoms with Gasteiger partial charge in [0, 0.05) is 5.41 Å². The van der Waals surface area contributed by atoms with E-state index in [1.165, 1.54) is 0 Å². The van der Waals surface area contributed by atoms with E-state index in [1.54, 1.807) is 13.0 Å². The molecule has 2 aliphatic carbocycles. The average Bonchev–Trinajstić information content (AvgIpc) is 2.42. The van der Waals surface area contributed by atoms with Crippen LogP contribution in [0.2, 0.25) is 0 Å². The lowest BCUT2D eigenvalue weighted by molar-refractivity contribution is -0.463. The van der Waals surface area contributed by atoms with Crippen molar-refractivity contribution in [1.29, 1.82) is 0 Å². The van der Waals surface area contributed by atoms with Gasteiger partial charge in [-0.15, -0.1) is 0 Å². The van der Waals surface area contributed by atoms with E-state index < -0.39 is 22.7 Å². The van der Waals surface area contributed by atoms with Gasteiger partial charge in [-0.1, -0.05) is 19.9 Å². The molecule has 3 aliphatic rings. The van der Waals surface area contributed by atoms with Crippen molar-refractivity contribution in [1.82, 2.24) is 0 Å². The molecular weight excluding hydrogens is 260 g/mol. The number of carbonyl (C=O) groups excluding carboxylic acids is 1. The molecule has 1 saturated carbocycles. The Morgan fingerprint density at radius 3 is 2.70 bits per heavy atom. The van der Waals surface area contributed by atoms with Crippen molar-refractivity contribution >= 4 is 5.78 Å². The second-order valence-electron chi connectivity index (χ2n) is 7.17. The monoisotopic (exact) mass is 282 g/mol. The Kier molecular flexibility index (Phi) is 2.78. The summed E-state index contributed by atoms with van der Waals surface area (Å²) in [6.07, 6.45) is 4.42. The number of aliphatic hydroxyl groups excluding tert-OH is 1. The zero-order chi connectivity index (χ0) is 14.8. The molecule has 20 heavy (non-hydrogen) atoms. The van der Waals surface area contributed by atoms with Crippen molar-refractivity contribution in [3.8, 4) is 0 Å². The average molecular weight is 282 g/mol. The van der Waals surface area contributed by atoms with Crippen LogP contribution in [0.15, 0.2) is 12.2 Å². The van der Waals surface area contributed by atoms with Gasteiger partial charge in [-0.25, -0.2) is 9.78 Å². The number of carbonyl (C=O) groups is 1. The van der Waals surface area contributed by atoms with E-state index in [0.29, 0.717) is 19.3 Å². The molecule has 0 aromatic rings. The highest BCUT2D eigenvalue weighted by atomic mass is 17.2. The zero-order valence-corrected chi connectivity index (χ0v) is 12.2. The molecule has 2 bridgehead atoms. The maximum absolute atomic E-state index is 12.4. The van der Waals surface area contributed by atoms with Crippen LogP contribution in [-0.2, 0) is 14.6 Å². The predicted octanol–water partition coefficient (Wildman–Crippen LogP) is 1.13. The van der Waals surface area contributed by atoms with Gasteiger partial charge in [0.2, 0.25) is 0 Å². The van der Waals surface area contributed by atoms with E-state index in [4.69, 9.17) is 9.78 Å². The molecule has 1 spiro atoms. The van der Waals surface area contributed by atoms with Gasteiger partial charge in [-0.2, -0.15) is 0 Å². The molecule has 1 heterocycles.